The monoisotopic (exact) mass is 267 g/mol. The Morgan fingerprint density at radius 3 is 2.67 bits per heavy atom. The van der Waals surface area contributed by atoms with Gasteiger partial charge >= 0.3 is 0 Å². The molecule has 2 rings (SSSR count). The minimum atomic E-state index is -0.474. The maximum atomic E-state index is 13.5. The number of aryl methyl sites for hydroxylation is 1. The van der Waals surface area contributed by atoms with Gasteiger partial charge in [0.2, 0.25) is 0 Å². The molecular formula is C12H11F2N3S. The van der Waals surface area contributed by atoms with Crippen molar-refractivity contribution in [3.63, 3.8) is 0 Å². The van der Waals surface area contributed by atoms with Crippen LogP contribution in [0.5, 0.6) is 0 Å². The summed E-state index contributed by atoms with van der Waals surface area (Å²) in [5.74, 6) is 0.269. The lowest BCUT2D eigenvalue weighted by Gasteiger charge is -2.06. The van der Waals surface area contributed by atoms with Crippen LogP contribution in [0.4, 0.5) is 14.6 Å². The molecule has 0 aliphatic heterocycles. The summed E-state index contributed by atoms with van der Waals surface area (Å²) in [6.07, 6.45) is 0. The minimum absolute atomic E-state index is 0.204. The predicted octanol–water partition coefficient (Wildman–Crippen LogP) is 3.26. The van der Waals surface area contributed by atoms with Crippen LogP contribution in [-0.4, -0.2) is 17.0 Å². The van der Waals surface area contributed by atoms with Gasteiger partial charge in [0.1, 0.15) is 28.3 Å². The smallest absolute Gasteiger partial charge is 0.137 e. The van der Waals surface area contributed by atoms with E-state index in [1.165, 1.54) is 0 Å². The lowest BCUT2D eigenvalue weighted by molar-refractivity contribution is 0.577. The van der Waals surface area contributed by atoms with Gasteiger partial charge in [0, 0.05) is 13.1 Å². The van der Waals surface area contributed by atoms with Crippen molar-refractivity contribution >= 4 is 17.6 Å². The highest BCUT2D eigenvalue weighted by Gasteiger charge is 2.08. The van der Waals surface area contributed by atoms with E-state index in [4.69, 9.17) is 0 Å². The van der Waals surface area contributed by atoms with Crippen molar-refractivity contribution < 1.29 is 8.78 Å². The van der Waals surface area contributed by atoms with E-state index in [9.17, 15) is 8.78 Å². The van der Waals surface area contributed by atoms with Crippen molar-refractivity contribution in [3.05, 3.63) is 41.7 Å². The van der Waals surface area contributed by atoms with Crippen LogP contribution in [0.3, 0.4) is 0 Å². The number of hydrogen-bond donors (Lipinski definition) is 1. The number of benzene rings is 1. The van der Waals surface area contributed by atoms with Gasteiger partial charge in [-0.1, -0.05) is 11.8 Å². The van der Waals surface area contributed by atoms with Crippen molar-refractivity contribution in [1.29, 1.82) is 0 Å². The molecule has 94 valence electrons. The number of halogens is 2. The molecule has 0 bridgehead atoms. The topological polar surface area (TPSA) is 37.8 Å². The summed E-state index contributed by atoms with van der Waals surface area (Å²) < 4.78 is 26.5. The second-order valence-corrected chi connectivity index (χ2v) is 4.63. The second kappa shape index (κ2) is 5.30. The van der Waals surface area contributed by atoms with E-state index in [1.807, 2.05) is 0 Å². The molecule has 1 N–H and O–H groups in total. The Morgan fingerprint density at radius 2 is 1.94 bits per heavy atom. The van der Waals surface area contributed by atoms with Gasteiger partial charge < -0.3 is 5.32 Å². The van der Waals surface area contributed by atoms with E-state index in [0.29, 0.717) is 16.7 Å². The summed E-state index contributed by atoms with van der Waals surface area (Å²) in [7, 11) is 1.74. The Bertz CT molecular complexity index is 575. The maximum Gasteiger partial charge on any atom is 0.137 e. The van der Waals surface area contributed by atoms with Gasteiger partial charge in [-0.15, -0.1) is 0 Å². The quantitative estimate of drug-likeness (QED) is 0.866. The van der Waals surface area contributed by atoms with E-state index >= 15 is 0 Å². The molecule has 0 aliphatic rings. The van der Waals surface area contributed by atoms with Crippen molar-refractivity contribution in [1.82, 2.24) is 9.97 Å². The molecular weight excluding hydrogens is 256 g/mol. The van der Waals surface area contributed by atoms with E-state index < -0.39 is 11.6 Å². The molecule has 1 heterocycles. The Hall–Kier alpha value is -1.69. The highest BCUT2D eigenvalue weighted by molar-refractivity contribution is 7.99. The Kier molecular flexibility index (Phi) is 3.76. The summed E-state index contributed by atoms with van der Waals surface area (Å²) in [5, 5.41) is 3.45. The molecule has 0 fully saturated rings. The number of nitrogens with one attached hydrogen (secondary N) is 1. The van der Waals surface area contributed by atoms with Crippen LogP contribution in [0, 0.1) is 18.6 Å². The second-order valence-electron chi connectivity index (χ2n) is 3.57. The zero-order valence-electron chi connectivity index (χ0n) is 9.87. The molecule has 1 aromatic carbocycles. The Labute approximate surface area is 108 Å². The molecule has 0 saturated carbocycles. The fraction of sp³-hybridized carbons (Fsp3) is 0.167. The van der Waals surface area contributed by atoms with E-state index in [-0.39, 0.29) is 4.90 Å². The molecule has 0 saturated heterocycles. The first-order valence-electron chi connectivity index (χ1n) is 5.25. The van der Waals surface area contributed by atoms with Gasteiger partial charge in [0.05, 0.1) is 4.90 Å². The number of hydrogen-bond acceptors (Lipinski definition) is 4. The van der Waals surface area contributed by atoms with Crippen LogP contribution in [0.2, 0.25) is 0 Å². The highest BCUT2D eigenvalue weighted by Crippen LogP contribution is 2.30. The van der Waals surface area contributed by atoms with Crippen molar-refractivity contribution in [2.75, 3.05) is 12.4 Å². The molecule has 1 aromatic heterocycles. The van der Waals surface area contributed by atoms with Crippen LogP contribution in [0.15, 0.2) is 34.2 Å². The highest BCUT2D eigenvalue weighted by atomic mass is 32.2. The average molecular weight is 267 g/mol. The lowest BCUT2D eigenvalue weighted by Crippen LogP contribution is -1.97. The Morgan fingerprint density at radius 1 is 1.17 bits per heavy atom. The number of nitrogens with zero attached hydrogens (tertiary/aromatic N) is 2. The van der Waals surface area contributed by atoms with Crippen molar-refractivity contribution in [2.45, 2.75) is 16.8 Å². The van der Waals surface area contributed by atoms with Crippen molar-refractivity contribution in [3.8, 4) is 0 Å². The van der Waals surface area contributed by atoms with Gasteiger partial charge in [-0.05, 0) is 25.1 Å². The fourth-order valence-corrected chi connectivity index (χ4v) is 2.30. The normalized spacial score (nSPS) is 10.4. The molecule has 0 atom stereocenters. The first-order valence-corrected chi connectivity index (χ1v) is 6.06. The van der Waals surface area contributed by atoms with Gasteiger partial charge in [-0.25, -0.2) is 18.7 Å². The standard InChI is InChI=1S/C12H11F2N3S/c1-7-16-11(15-2)6-12(17-7)18-10-5-8(13)3-4-9(10)14/h3-6H,1-2H3,(H,15,16,17). The summed E-state index contributed by atoms with van der Waals surface area (Å²) in [5.41, 5.74) is 0. The van der Waals surface area contributed by atoms with Gasteiger partial charge in [0.25, 0.3) is 0 Å². The number of anilines is 1. The first-order chi connectivity index (χ1) is 8.58. The third kappa shape index (κ3) is 2.95. The van der Waals surface area contributed by atoms with Crippen LogP contribution >= 0.6 is 11.8 Å². The largest absolute Gasteiger partial charge is 0.373 e. The van der Waals surface area contributed by atoms with Gasteiger partial charge in [0.15, 0.2) is 0 Å². The molecule has 0 unspecified atom stereocenters. The average Bonchev–Trinajstić information content (AvgIpc) is 2.33. The van der Waals surface area contributed by atoms with Crippen LogP contribution in [0.25, 0.3) is 0 Å². The summed E-state index contributed by atoms with van der Waals surface area (Å²) in [6, 6.07) is 5.02. The van der Waals surface area contributed by atoms with E-state index in [0.717, 1.165) is 30.0 Å². The van der Waals surface area contributed by atoms with Gasteiger partial charge in [-0.3, -0.25) is 0 Å². The summed E-state index contributed by atoms with van der Waals surface area (Å²) >= 11 is 1.07. The lowest BCUT2D eigenvalue weighted by atomic mass is 10.3. The summed E-state index contributed by atoms with van der Waals surface area (Å²) in [6.45, 7) is 1.74. The molecule has 0 amide bonds. The van der Waals surface area contributed by atoms with Crippen LogP contribution < -0.4 is 5.32 Å². The third-order valence-corrected chi connectivity index (χ3v) is 3.13. The number of rotatable bonds is 3. The summed E-state index contributed by atoms with van der Waals surface area (Å²) in [4.78, 5) is 8.50. The zero-order chi connectivity index (χ0) is 13.1. The molecule has 0 spiro atoms. The van der Waals surface area contributed by atoms with Gasteiger partial charge in [-0.2, -0.15) is 0 Å². The molecule has 18 heavy (non-hydrogen) atoms. The molecule has 2 aromatic rings. The SMILES string of the molecule is CNc1cc(Sc2cc(F)ccc2F)nc(C)n1. The zero-order valence-corrected chi connectivity index (χ0v) is 10.7. The van der Waals surface area contributed by atoms with Crippen LogP contribution in [-0.2, 0) is 0 Å². The molecule has 3 nitrogen and oxygen atoms in total. The molecule has 6 heteroatoms. The first kappa shape index (κ1) is 12.8. The third-order valence-electron chi connectivity index (χ3n) is 2.18. The number of aromatic nitrogens is 2. The van der Waals surface area contributed by atoms with E-state index in [2.05, 4.69) is 15.3 Å². The fourth-order valence-electron chi connectivity index (χ4n) is 1.39. The maximum absolute atomic E-state index is 13.5. The van der Waals surface area contributed by atoms with Crippen molar-refractivity contribution in [2.24, 2.45) is 0 Å². The van der Waals surface area contributed by atoms with E-state index in [1.54, 1.807) is 20.0 Å². The molecule has 0 aliphatic carbocycles. The Balaban J connectivity index is 2.33. The molecule has 0 radical (unpaired) electrons. The van der Waals surface area contributed by atoms with Crippen LogP contribution in [0.1, 0.15) is 5.82 Å². The predicted molar refractivity (Wildman–Crippen MR) is 66.8 cm³/mol. The minimum Gasteiger partial charge on any atom is -0.373 e.